The van der Waals surface area contributed by atoms with Crippen LogP contribution in [0.2, 0.25) is 0 Å². The minimum atomic E-state index is -1.11. The van der Waals surface area contributed by atoms with Crippen LogP contribution in [0.5, 0.6) is 0 Å². The van der Waals surface area contributed by atoms with Crippen molar-refractivity contribution >= 4 is 29.1 Å². The van der Waals surface area contributed by atoms with Crippen LogP contribution in [-0.4, -0.2) is 33.2 Å². The van der Waals surface area contributed by atoms with Crippen LogP contribution < -0.4 is 11.1 Å². The number of rotatable bonds is 7. The molecule has 2 aromatic heterocycles. The first-order valence-electron chi connectivity index (χ1n) is 7.61. The van der Waals surface area contributed by atoms with Crippen molar-refractivity contribution < 1.29 is 18.8 Å². The second-order valence-electron chi connectivity index (χ2n) is 5.37. The Morgan fingerprint density at radius 3 is 2.58 bits per heavy atom. The van der Waals surface area contributed by atoms with E-state index in [0.717, 1.165) is 17.1 Å². The van der Waals surface area contributed by atoms with Gasteiger partial charge in [-0.2, -0.15) is 0 Å². The summed E-state index contributed by atoms with van der Waals surface area (Å²) < 4.78 is 9.00. The Kier molecular flexibility index (Phi) is 5.18. The van der Waals surface area contributed by atoms with Gasteiger partial charge in [0, 0.05) is 6.42 Å². The Morgan fingerprint density at radius 2 is 1.92 bits per heavy atom. The number of amides is 2. The molecule has 0 aliphatic rings. The summed E-state index contributed by atoms with van der Waals surface area (Å²) in [6, 6.07) is 11.2. The van der Waals surface area contributed by atoms with Crippen molar-refractivity contribution in [3.63, 3.8) is 0 Å². The van der Waals surface area contributed by atoms with E-state index in [1.165, 1.54) is 6.26 Å². The van der Waals surface area contributed by atoms with Crippen LogP contribution in [0.1, 0.15) is 15.2 Å². The number of ketones is 1. The zero-order valence-corrected chi connectivity index (χ0v) is 14.2. The summed E-state index contributed by atoms with van der Waals surface area (Å²) in [6.45, 7) is 0. The number of hydrogen-bond acceptors (Lipinski definition) is 7. The number of nitrogens with one attached hydrogen (secondary N) is 1. The maximum Gasteiger partial charge on any atom is 0.287 e. The van der Waals surface area contributed by atoms with Crippen molar-refractivity contribution in [3.8, 4) is 11.5 Å². The molecule has 1 unspecified atom stereocenters. The number of carbonyl (C=O) groups excluding carboxylic acids is 3. The van der Waals surface area contributed by atoms with E-state index in [4.69, 9.17) is 10.2 Å². The third-order valence-electron chi connectivity index (χ3n) is 3.60. The van der Waals surface area contributed by atoms with Gasteiger partial charge in [-0.05, 0) is 29.2 Å². The zero-order valence-electron chi connectivity index (χ0n) is 13.4. The number of primary amides is 1. The van der Waals surface area contributed by atoms with E-state index in [2.05, 4.69) is 14.9 Å². The van der Waals surface area contributed by atoms with Gasteiger partial charge in [0.15, 0.2) is 11.5 Å². The van der Waals surface area contributed by atoms with Crippen molar-refractivity contribution in [2.45, 2.75) is 12.5 Å². The average Bonchev–Trinajstić information content (AvgIpc) is 3.32. The largest absolute Gasteiger partial charge is 0.463 e. The lowest BCUT2D eigenvalue weighted by atomic mass is 10.0. The molecule has 0 bridgehead atoms. The number of benzene rings is 1. The zero-order chi connectivity index (χ0) is 18.5. The lowest BCUT2D eigenvalue weighted by Crippen LogP contribution is -2.47. The number of carbonyl (C=O) groups is 3. The molecule has 132 valence electrons. The Hall–Kier alpha value is -3.33. The molecule has 8 nitrogen and oxygen atoms in total. The number of hydrogen-bond donors (Lipinski definition) is 2. The molecular formula is C17H14N4O4S. The van der Waals surface area contributed by atoms with Gasteiger partial charge in [0.05, 0.1) is 6.26 Å². The van der Waals surface area contributed by atoms with Crippen LogP contribution in [-0.2, 0) is 16.0 Å². The molecule has 2 heterocycles. The molecule has 3 aromatic rings. The molecular weight excluding hydrogens is 356 g/mol. The topological polar surface area (TPSA) is 128 Å². The van der Waals surface area contributed by atoms with E-state index in [1.54, 1.807) is 36.4 Å². The minimum Gasteiger partial charge on any atom is -0.463 e. The molecule has 1 aromatic carbocycles. The van der Waals surface area contributed by atoms with Crippen molar-refractivity contribution in [2.24, 2.45) is 5.73 Å². The molecule has 0 aliphatic heterocycles. The quantitative estimate of drug-likeness (QED) is 0.601. The Bertz CT molecular complexity index is 921. The van der Waals surface area contributed by atoms with Crippen molar-refractivity contribution in [1.82, 2.24) is 14.9 Å². The Morgan fingerprint density at radius 1 is 1.15 bits per heavy atom. The van der Waals surface area contributed by atoms with Gasteiger partial charge >= 0.3 is 0 Å². The summed E-state index contributed by atoms with van der Waals surface area (Å²) in [5.74, 6) is -2.19. The van der Waals surface area contributed by atoms with Crippen molar-refractivity contribution in [2.75, 3.05) is 0 Å². The highest BCUT2D eigenvalue weighted by molar-refractivity contribution is 7.08. The molecule has 0 radical (unpaired) electrons. The second-order valence-corrected chi connectivity index (χ2v) is 6.13. The highest BCUT2D eigenvalue weighted by Crippen LogP contribution is 2.24. The minimum absolute atomic E-state index is 0.136. The first kappa shape index (κ1) is 17.5. The molecule has 2 amide bonds. The molecule has 0 saturated carbocycles. The molecule has 3 N–H and O–H groups in total. The van der Waals surface area contributed by atoms with Crippen LogP contribution in [0, 0.1) is 0 Å². The monoisotopic (exact) mass is 370 g/mol. The van der Waals surface area contributed by atoms with Gasteiger partial charge in [-0.15, -0.1) is 5.10 Å². The predicted molar refractivity (Wildman–Crippen MR) is 93.2 cm³/mol. The van der Waals surface area contributed by atoms with E-state index in [1.807, 2.05) is 6.07 Å². The number of Topliss-reactive ketones (excluding diaryl/α,β-unsaturated/α-hetero) is 1. The number of aromatic nitrogens is 2. The summed E-state index contributed by atoms with van der Waals surface area (Å²) in [7, 11) is 0. The predicted octanol–water partition coefficient (Wildman–Crippen LogP) is 1.19. The fourth-order valence-electron chi connectivity index (χ4n) is 2.37. The number of nitrogens with zero attached hydrogens (tertiary/aromatic N) is 2. The standard InChI is InChI=1S/C17H14N4O4S/c18-16(23)14(22)11(9-10-5-2-1-3-6-10)19-17(24)15-13(20-21-26-15)12-7-4-8-25-12/h1-8,11H,9H2,(H2,18,23)(H,19,24). The molecule has 26 heavy (non-hydrogen) atoms. The molecule has 0 fully saturated rings. The fourth-order valence-corrected chi connectivity index (χ4v) is 2.94. The summed E-state index contributed by atoms with van der Waals surface area (Å²) in [5, 5.41) is 6.44. The van der Waals surface area contributed by atoms with Crippen molar-refractivity contribution in [3.05, 3.63) is 59.2 Å². The third-order valence-corrected chi connectivity index (χ3v) is 4.32. The van der Waals surface area contributed by atoms with Gasteiger partial charge in [-0.3, -0.25) is 14.4 Å². The smallest absolute Gasteiger partial charge is 0.287 e. The number of furan rings is 1. The molecule has 9 heteroatoms. The molecule has 1 atom stereocenters. The molecule has 0 spiro atoms. The van der Waals surface area contributed by atoms with E-state index in [-0.39, 0.29) is 17.0 Å². The van der Waals surface area contributed by atoms with E-state index in [9.17, 15) is 14.4 Å². The third kappa shape index (κ3) is 3.83. The van der Waals surface area contributed by atoms with Gasteiger partial charge in [0.1, 0.15) is 10.9 Å². The van der Waals surface area contributed by atoms with Gasteiger partial charge < -0.3 is 15.5 Å². The average molecular weight is 370 g/mol. The van der Waals surface area contributed by atoms with Crippen LogP contribution in [0.3, 0.4) is 0 Å². The van der Waals surface area contributed by atoms with Gasteiger partial charge in [0.2, 0.25) is 5.78 Å². The van der Waals surface area contributed by atoms with Gasteiger partial charge in [-0.25, -0.2) is 0 Å². The van der Waals surface area contributed by atoms with E-state index in [0.29, 0.717) is 5.76 Å². The van der Waals surface area contributed by atoms with Crippen molar-refractivity contribution in [1.29, 1.82) is 0 Å². The maximum atomic E-state index is 12.6. The highest BCUT2D eigenvalue weighted by atomic mass is 32.1. The van der Waals surface area contributed by atoms with Gasteiger partial charge in [0.25, 0.3) is 11.8 Å². The van der Waals surface area contributed by atoms with Crippen LogP contribution in [0.25, 0.3) is 11.5 Å². The second kappa shape index (κ2) is 7.70. The van der Waals surface area contributed by atoms with Crippen LogP contribution >= 0.6 is 11.5 Å². The summed E-state index contributed by atoms with van der Waals surface area (Å²) in [4.78, 5) is 36.3. The normalized spacial score (nSPS) is 11.7. The molecule has 0 saturated heterocycles. The summed E-state index contributed by atoms with van der Waals surface area (Å²) in [5.41, 5.74) is 6.16. The van der Waals surface area contributed by atoms with E-state index < -0.39 is 23.6 Å². The SMILES string of the molecule is NC(=O)C(=O)C(Cc1ccccc1)NC(=O)c1snnc1-c1ccco1. The van der Waals surface area contributed by atoms with Gasteiger partial charge in [-0.1, -0.05) is 34.8 Å². The summed E-state index contributed by atoms with van der Waals surface area (Å²) >= 11 is 0.864. The van der Waals surface area contributed by atoms with Crippen LogP contribution in [0.15, 0.2) is 53.1 Å². The first-order chi connectivity index (χ1) is 12.6. The Labute approximate surface area is 152 Å². The first-order valence-corrected chi connectivity index (χ1v) is 8.38. The molecule has 0 aliphatic carbocycles. The fraction of sp³-hybridized carbons (Fsp3) is 0.118. The lowest BCUT2D eigenvalue weighted by Gasteiger charge is -2.16. The highest BCUT2D eigenvalue weighted by Gasteiger charge is 2.28. The molecule has 3 rings (SSSR count). The van der Waals surface area contributed by atoms with Crippen LogP contribution in [0.4, 0.5) is 0 Å². The van der Waals surface area contributed by atoms with E-state index >= 15 is 0 Å². The summed E-state index contributed by atoms with van der Waals surface area (Å²) in [6.07, 6.45) is 1.59. The number of nitrogens with two attached hydrogens (primary N) is 1. The Balaban J connectivity index is 1.83. The lowest BCUT2D eigenvalue weighted by molar-refractivity contribution is -0.137. The maximum absolute atomic E-state index is 12.6.